The maximum atomic E-state index is 12.7. The third kappa shape index (κ3) is 3.03. The summed E-state index contributed by atoms with van der Waals surface area (Å²) in [7, 11) is 0. The molecule has 0 aliphatic heterocycles. The van der Waals surface area contributed by atoms with E-state index in [1.807, 2.05) is 19.9 Å². The maximum absolute atomic E-state index is 12.7. The molecule has 0 radical (unpaired) electrons. The molecule has 0 aliphatic carbocycles. The van der Waals surface area contributed by atoms with Crippen LogP contribution in [0.5, 0.6) is 0 Å². The van der Waals surface area contributed by atoms with E-state index in [2.05, 4.69) is 4.98 Å². The molecule has 1 nitrogen and oxygen atoms in total. The van der Waals surface area contributed by atoms with Gasteiger partial charge in [0.1, 0.15) is 0 Å². The second-order valence-corrected chi connectivity index (χ2v) is 5.42. The highest BCUT2D eigenvalue weighted by molar-refractivity contribution is 7.99. The van der Waals surface area contributed by atoms with Gasteiger partial charge in [-0.25, -0.2) is 4.98 Å². The number of nitrogens with zero attached hydrogens (tertiary/aromatic N) is 1. The SMILES string of the molecule is CCSc1cc(CC)c2ccc(C(F)(F)F)cc2n1. The van der Waals surface area contributed by atoms with Crippen molar-refractivity contribution in [2.24, 2.45) is 0 Å². The number of rotatable bonds is 3. The molecule has 0 saturated heterocycles. The first kappa shape index (κ1) is 14.2. The molecule has 0 bridgehead atoms. The second-order valence-electron chi connectivity index (χ2n) is 4.14. The van der Waals surface area contributed by atoms with E-state index in [1.54, 1.807) is 11.8 Å². The molecule has 2 rings (SSSR count). The van der Waals surface area contributed by atoms with Gasteiger partial charge in [-0.2, -0.15) is 13.2 Å². The molecule has 0 saturated carbocycles. The van der Waals surface area contributed by atoms with Crippen molar-refractivity contribution < 1.29 is 13.2 Å². The van der Waals surface area contributed by atoms with Gasteiger partial charge in [-0.1, -0.05) is 19.9 Å². The Morgan fingerprint density at radius 1 is 1.16 bits per heavy atom. The lowest BCUT2D eigenvalue weighted by atomic mass is 10.0. The minimum Gasteiger partial charge on any atom is -0.241 e. The van der Waals surface area contributed by atoms with Gasteiger partial charge >= 0.3 is 6.18 Å². The van der Waals surface area contributed by atoms with Crippen LogP contribution < -0.4 is 0 Å². The van der Waals surface area contributed by atoms with Crippen LogP contribution in [0.3, 0.4) is 0 Å². The number of benzene rings is 1. The number of thioether (sulfide) groups is 1. The average Bonchev–Trinajstić information content (AvgIpc) is 2.36. The normalized spacial score (nSPS) is 12.1. The molecule has 0 N–H and O–H groups in total. The van der Waals surface area contributed by atoms with E-state index in [4.69, 9.17) is 0 Å². The molecule has 5 heteroatoms. The smallest absolute Gasteiger partial charge is 0.241 e. The number of halogens is 3. The van der Waals surface area contributed by atoms with Gasteiger partial charge in [-0.15, -0.1) is 11.8 Å². The summed E-state index contributed by atoms with van der Waals surface area (Å²) < 4.78 is 38.1. The number of hydrogen-bond donors (Lipinski definition) is 0. The number of hydrogen-bond acceptors (Lipinski definition) is 2. The van der Waals surface area contributed by atoms with Crippen LogP contribution in [0.4, 0.5) is 13.2 Å². The van der Waals surface area contributed by atoms with Crippen LogP contribution in [0.15, 0.2) is 29.3 Å². The van der Waals surface area contributed by atoms with Crippen molar-refractivity contribution in [1.29, 1.82) is 0 Å². The van der Waals surface area contributed by atoms with Crippen molar-refractivity contribution >= 4 is 22.7 Å². The summed E-state index contributed by atoms with van der Waals surface area (Å²) >= 11 is 1.54. The van der Waals surface area contributed by atoms with Crippen LogP contribution in [-0.2, 0) is 12.6 Å². The quantitative estimate of drug-likeness (QED) is 0.742. The molecule has 1 aromatic heterocycles. The Labute approximate surface area is 114 Å². The summed E-state index contributed by atoms with van der Waals surface area (Å²) in [5.74, 6) is 0.848. The summed E-state index contributed by atoms with van der Waals surface area (Å²) in [6.07, 6.45) is -3.54. The summed E-state index contributed by atoms with van der Waals surface area (Å²) in [6, 6.07) is 5.73. The predicted molar refractivity (Wildman–Crippen MR) is 72.5 cm³/mol. The monoisotopic (exact) mass is 285 g/mol. The Kier molecular flexibility index (Phi) is 4.04. The van der Waals surface area contributed by atoms with E-state index in [0.717, 1.165) is 40.3 Å². The number of aromatic nitrogens is 1. The zero-order valence-corrected chi connectivity index (χ0v) is 11.5. The fourth-order valence-corrected chi connectivity index (χ4v) is 2.65. The zero-order chi connectivity index (χ0) is 14.0. The van der Waals surface area contributed by atoms with Gasteiger partial charge in [0.15, 0.2) is 0 Å². The first-order chi connectivity index (χ1) is 8.95. The minimum atomic E-state index is -4.32. The van der Waals surface area contributed by atoms with Gasteiger partial charge in [0, 0.05) is 5.39 Å². The summed E-state index contributed by atoms with van der Waals surface area (Å²) in [5, 5.41) is 1.59. The zero-order valence-electron chi connectivity index (χ0n) is 10.7. The molecule has 1 aromatic carbocycles. The molecular formula is C14H14F3NS. The lowest BCUT2D eigenvalue weighted by Gasteiger charge is -2.11. The van der Waals surface area contributed by atoms with Crippen LogP contribution in [0.25, 0.3) is 10.9 Å². The third-order valence-electron chi connectivity index (χ3n) is 2.87. The molecule has 0 spiro atoms. The van der Waals surface area contributed by atoms with Crippen molar-refractivity contribution in [3.05, 3.63) is 35.4 Å². The fraction of sp³-hybridized carbons (Fsp3) is 0.357. The van der Waals surface area contributed by atoms with Crippen molar-refractivity contribution in [3.8, 4) is 0 Å². The highest BCUT2D eigenvalue weighted by atomic mass is 32.2. The number of alkyl halides is 3. The van der Waals surface area contributed by atoms with Crippen LogP contribution in [-0.4, -0.2) is 10.7 Å². The topological polar surface area (TPSA) is 12.9 Å². The predicted octanol–water partition coefficient (Wildman–Crippen LogP) is 4.93. The van der Waals surface area contributed by atoms with Crippen molar-refractivity contribution in [1.82, 2.24) is 4.98 Å². The standard InChI is InChI=1S/C14H14F3NS/c1-3-9-7-13(19-4-2)18-12-8-10(14(15,16)17)5-6-11(9)12/h5-8H,3-4H2,1-2H3. The Morgan fingerprint density at radius 2 is 1.89 bits per heavy atom. The van der Waals surface area contributed by atoms with E-state index >= 15 is 0 Å². The summed E-state index contributed by atoms with van der Waals surface area (Å²) in [5.41, 5.74) is 0.813. The number of pyridine rings is 1. The van der Waals surface area contributed by atoms with E-state index in [-0.39, 0.29) is 0 Å². The van der Waals surface area contributed by atoms with Gasteiger partial charge < -0.3 is 0 Å². The molecule has 0 unspecified atom stereocenters. The van der Waals surface area contributed by atoms with E-state index < -0.39 is 11.7 Å². The summed E-state index contributed by atoms with van der Waals surface area (Å²) in [6.45, 7) is 3.99. The largest absolute Gasteiger partial charge is 0.416 e. The van der Waals surface area contributed by atoms with Crippen LogP contribution in [0.1, 0.15) is 25.0 Å². The number of fused-ring (bicyclic) bond motifs is 1. The molecule has 0 atom stereocenters. The van der Waals surface area contributed by atoms with Crippen molar-refractivity contribution in [3.63, 3.8) is 0 Å². The average molecular weight is 285 g/mol. The maximum Gasteiger partial charge on any atom is 0.416 e. The Bertz CT molecular complexity index is 593. The minimum absolute atomic E-state index is 0.421. The third-order valence-corrected chi connectivity index (χ3v) is 3.67. The van der Waals surface area contributed by atoms with E-state index in [9.17, 15) is 13.2 Å². The van der Waals surface area contributed by atoms with Gasteiger partial charge in [-0.05, 0) is 35.9 Å². The lowest BCUT2D eigenvalue weighted by Crippen LogP contribution is -2.05. The number of aryl methyl sites for hydroxylation is 1. The molecule has 2 aromatic rings. The Balaban J connectivity index is 2.63. The molecule has 102 valence electrons. The fourth-order valence-electron chi connectivity index (χ4n) is 1.96. The molecule has 0 aliphatic rings. The second kappa shape index (κ2) is 5.41. The molecular weight excluding hydrogens is 271 g/mol. The highest BCUT2D eigenvalue weighted by Gasteiger charge is 2.30. The van der Waals surface area contributed by atoms with Crippen LogP contribution in [0.2, 0.25) is 0 Å². The first-order valence-corrected chi connectivity index (χ1v) is 7.08. The Hall–Kier alpha value is -1.23. The van der Waals surface area contributed by atoms with Gasteiger partial charge in [0.05, 0.1) is 16.1 Å². The first-order valence-electron chi connectivity index (χ1n) is 6.09. The van der Waals surface area contributed by atoms with Crippen LogP contribution >= 0.6 is 11.8 Å². The van der Waals surface area contributed by atoms with Gasteiger partial charge in [0.2, 0.25) is 0 Å². The molecule has 1 heterocycles. The van der Waals surface area contributed by atoms with E-state index in [1.165, 1.54) is 6.07 Å². The van der Waals surface area contributed by atoms with Crippen molar-refractivity contribution in [2.75, 3.05) is 5.75 Å². The summed E-state index contributed by atoms with van der Waals surface area (Å²) in [4.78, 5) is 4.31. The van der Waals surface area contributed by atoms with E-state index in [0.29, 0.717) is 5.52 Å². The molecule has 19 heavy (non-hydrogen) atoms. The molecule has 0 amide bonds. The Morgan fingerprint density at radius 3 is 2.47 bits per heavy atom. The lowest BCUT2D eigenvalue weighted by molar-refractivity contribution is -0.137. The van der Waals surface area contributed by atoms with Gasteiger partial charge in [0.25, 0.3) is 0 Å². The van der Waals surface area contributed by atoms with Crippen LogP contribution in [0, 0.1) is 0 Å². The highest BCUT2D eigenvalue weighted by Crippen LogP contribution is 2.32. The van der Waals surface area contributed by atoms with Crippen molar-refractivity contribution in [2.45, 2.75) is 31.5 Å². The van der Waals surface area contributed by atoms with Gasteiger partial charge in [-0.3, -0.25) is 0 Å². The molecule has 0 fully saturated rings.